The molecule has 2 atom stereocenters. The number of fused-ring (bicyclic) bond motifs is 1. The van der Waals surface area contributed by atoms with Gasteiger partial charge < -0.3 is 0 Å². The van der Waals surface area contributed by atoms with Crippen molar-refractivity contribution in [2.45, 2.75) is 30.5 Å². The zero-order chi connectivity index (χ0) is 14.8. The van der Waals surface area contributed by atoms with Gasteiger partial charge in [-0.05, 0) is 66.5 Å². The van der Waals surface area contributed by atoms with E-state index in [1.807, 2.05) is 0 Å². The molecule has 2 aromatic carbocycles. The van der Waals surface area contributed by atoms with E-state index in [4.69, 9.17) is 0 Å². The van der Waals surface area contributed by atoms with Crippen molar-refractivity contribution in [3.8, 4) is 0 Å². The first-order valence-electron chi connectivity index (χ1n) is 7.31. The lowest BCUT2D eigenvalue weighted by molar-refractivity contribution is 0.473. The minimum atomic E-state index is -0.159. The summed E-state index contributed by atoms with van der Waals surface area (Å²) in [6.07, 6.45) is 4.38. The fourth-order valence-electron chi connectivity index (χ4n) is 3.17. The maximum Gasteiger partial charge on any atom is 0.123 e. The Morgan fingerprint density at radius 3 is 2.81 bits per heavy atom. The van der Waals surface area contributed by atoms with Crippen LogP contribution in [0.2, 0.25) is 0 Å². The van der Waals surface area contributed by atoms with E-state index in [9.17, 15) is 4.39 Å². The van der Waals surface area contributed by atoms with E-state index in [1.165, 1.54) is 23.6 Å². The second-order valence-corrected chi connectivity index (χ2v) is 7.53. The normalized spacial score (nSPS) is 21.7. The van der Waals surface area contributed by atoms with Crippen molar-refractivity contribution in [3.63, 3.8) is 0 Å². The molecule has 0 saturated carbocycles. The van der Waals surface area contributed by atoms with E-state index >= 15 is 0 Å². The zero-order valence-corrected chi connectivity index (χ0v) is 14.8. The molecule has 2 aromatic rings. The highest BCUT2D eigenvalue weighted by atomic mass is 79.9. The van der Waals surface area contributed by atoms with Crippen molar-refractivity contribution >= 4 is 31.9 Å². The van der Waals surface area contributed by atoms with Gasteiger partial charge in [0.1, 0.15) is 5.82 Å². The van der Waals surface area contributed by atoms with E-state index in [0.29, 0.717) is 10.7 Å². The lowest BCUT2D eigenvalue weighted by Gasteiger charge is -2.22. The Morgan fingerprint density at radius 2 is 1.95 bits per heavy atom. The zero-order valence-electron chi connectivity index (χ0n) is 11.7. The Balaban J connectivity index is 1.87. The van der Waals surface area contributed by atoms with Crippen LogP contribution in [0.5, 0.6) is 0 Å². The van der Waals surface area contributed by atoms with Crippen molar-refractivity contribution < 1.29 is 4.39 Å². The van der Waals surface area contributed by atoms with E-state index in [-0.39, 0.29) is 5.82 Å². The average Bonchev–Trinajstić information content (AvgIpc) is 2.64. The summed E-state index contributed by atoms with van der Waals surface area (Å²) in [4.78, 5) is 0.339. The fraction of sp³-hybridized carbons (Fsp3) is 0.333. The molecule has 21 heavy (non-hydrogen) atoms. The second-order valence-electron chi connectivity index (χ2n) is 5.69. The molecule has 0 spiro atoms. The number of benzene rings is 2. The van der Waals surface area contributed by atoms with Crippen molar-refractivity contribution in [3.05, 3.63) is 69.4 Å². The maximum absolute atomic E-state index is 13.5. The summed E-state index contributed by atoms with van der Waals surface area (Å²) < 4.78 is 14.5. The molecular weight excluding hydrogens is 395 g/mol. The van der Waals surface area contributed by atoms with Gasteiger partial charge in [-0.25, -0.2) is 4.39 Å². The molecule has 1 aliphatic carbocycles. The number of halogens is 3. The van der Waals surface area contributed by atoms with Crippen LogP contribution >= 0.6 is 31.9 Å². The molecule has 1 aliphatic rings. The molecule has 0 fully saturated rings. The third kappa shape index (κ3) is 3.40. The molecule has 0 bridgehead atoms. The van der Waals surface area contributed by atoms with Gasteiger partial charge in [0.05, 0.1) is 0 Å². The largest absolute Gasteiger partial charge is 0.207 e. The van der Waals surface area contributed by atoms with Crippen molar-refractivity contribution in [2.24, 2.45) is 5.92 Å². The molecule has 110 valence electrons. The SMILES string of the molecule is Fc1ccc(Br)c(CC2CCCc3ccccc3C2Br)c1. The van der Waals surface area contributed by atoms with Gasteiger partial charge in [-0.15, -0.1) is 0 Å². The Morgan fingerprint density at radius 1 is 1.14 bits per heavy atom. The van der Waals surface area contributed by atoms with Crippen LogP contribution in [0.4, 0.5) is 4.39 Å². The Labute approximate surface area is 142 Å². The summed E-state index contributed by atoms with van der Waals surface area (Å²) in [5.41, 5.74) is 3.90. The Bertz CT molecular complexity index is 639. The van der Waals surface area contributed by atoms with E-state index < -0.39 is 0 Å². The third-order valence-electron chi connectivity index (χ3n) is 4.28. The summed E-state index contributed by atoms with van der Waals surface area (Å²) in [5.74, 6) is 0.333. The fourth-order valence-corrected chi connectivity index (χ4v) is 4.48. The van der Waals surface area contributed by atoms with Gasteiger partial charge in [0.15, 0.2) is 0 Å². The molecule has 2 unspecified atom stereocenters. The maximum atomic E-state index is 13.5. The van der Waals surface area contributed by atoms with Crippen LogP contribution in [-0.4, -0.2) is 0 Å². The van der Waals surface area contributed by atoms with Crippen LogP contribution < -0.4 is 0 Å². The predicted octanol–water partition coefficient (Wildman–Crippen LogP) is 6.22. The predicted molar refractivity (Wildman–Crippen MR) is 92.3 cm³/mol. The molecule has 3 heteroatoms. The van der Waals surface area contributed by atoms with Crippen LogP contribution in [0.15, 0.2) is 46.9 Å². The topological polar surface area (TPSA) is 0 Å². The van der Waals surface area contributed by atoms with Gasteiger partial charge in [-0.2, -0.15) is 0 Å². The smallest absolute Gasteiger partial charge is 0.123 e. The van der Waals surface area contributed by atoms with Gasteiger partial charge >= 0.3 is 0 Å². The van der Waals surface area contributed by atoms with Crippen LogP contribution in [-0.2, 0) is 12.8 Å². The molecular formula is C18H17Br2F. The van der Waals surface area contributed by atoms with Crippen LogP contribution in [0, 0.1) is 11.7 Å². The van der Waals surface area contributed by atoms with Crippen LogP contribution in [0.1, 0.15) is 34.4 Å². The monoisotopic (exact) mass is 410 g/mol. The molecule has 0 aliphatic heterocycles. The highest BCUT2D eigenvalue weighted by Crippen LogP contribution is 2.41. The van der Waals surface area contributed by atoms with Crippen LogP contribution in [0.25, 0.3) is 0 Å². The highest BCUT2D eigenvalue weighted by Gasteiger charge is 2.26. The standard InChI is InChI=1S/C18H17Br2F/c19-17-9-8-15(21)11-14(17)10-13-6-3-5-12-4-1-2-7-16(12)18(13)20/h1-2,4,7-9,11,13,18H,3,5-6,10H2. The minimum absolute atomic E-state index is 0.159. The molecule has 3 rings (SSSR count). The number of rotatable bonds is 2. The molecule has 0 amide bonds. The summed E-state index contributed by atoms with van der Waals surface area (Å²) in [6.45, 7) is 0. The van der Waals surface area contributed by atoms with Crippen molar-refractivity contribution in [1.29, 1.82) is 0 Å². The van der Waals surface area contributed by atoms with Crippen molar-refractivity contribution in [1.82, 2.24) is 0 Å². The van der Waals surface area contributed by atoms with Gasteiger partial charge in [0.25, 0.3) is 0 Å². The molecule has 0 heterocycles. The molecule has 0 radical (unpaired) electrons. The summed E-state index contributed by atoms with van der Waals surface area (Å²) >= 11 is 7.44. The third-order valence-corrected chi connectivity index (χ3v) is 6.29. The molecule has 0 N–H and O–H groups in total. The number of hydrogen-bond acceptors (Lipinski definition) is 0. The first kappa shape index (κ1) is 15.2. The van der Waals surface area contributed by atoms with E-state index in [2.05, 4.69) is 56.1 Å². The highest BCUT2D eigenvalue weighted by molar-refractivity contribution is 9.10. The van der Waals surface area contributed by atoms with Crippen LogP contribution in [0.3, 0.4) is 0 Å². The summed E-state index contributed by atoms with van der Waals surface area (Å²) in [7, 11) is 0. The number of aryl methyl sites for hydroxylation is 1. The number of alkyl halides is 1. The summed E-state index contributed by atoms with van der Waals surface area (Å²) in [6, 6.07) is 13.6. The van der Waals surface area contributed by atoms with Gasteiger partial charge in [-0.3, -0.25) is 0 Å². The first-order valence-corrected chi connectivity index (χ1v) is 9.02. The van der Waals surface area contributed by atoms with Gasteiger partial charge in [0, 0.05) is 9.30 Å². The van der Waals surface area contributed by atoms with Gasteiger partial charge in [-0.1, -0.05) is 56.1 Å². The Kier molecular flexibility index (Phi) is 4.80. The second kappa shape index (κ2) is 6.62. The minimum Gasteiger partial charge on any atom is -0.207 e. The number of hydrogen-bond donors (Lipinski definition) is 0. The van der Waals surface area contributed by atoms with E-state index in [0.717, 1.165) is 29.3 Å². The van der Waals surface area contributed by atoms with Gasteiger partial charge in [0.2, 0.25) is 0 Å². The first-order chi connectivity index (χ1) is 10.1. The van der Waals surface area contributed by atoms with E-state index in [1.54, 1.807) is 12.1 Å². The average molecular weight is 412 g/mol. The molecule has 0 nitrogen and oxygen atoms in total. The molecule has 0 aromatic heterocycles. The summed E-state index contributed by atoms with van der Waals surface area (Å²) in [5, 5.41) is 0. The Hall–Kier alpha value is -0.670. The lowest BCUT2D eigenvalue weighted by Crippen LogP contribution is -2.11. The lowest BCUT2D eigenvalue weighted by atomic mass is 9.90. The van der Waals surface area contributed by atoms with Crippen molar-refractivity contribution in [2.75, 3.05) is 0 Å². The quantitative estimate of drug-likeness (QED) is 0.406. The molecule has 0 saturated heterocycles.